The van der Waals surface area contributed by atoms with Crippen molar-refractivity contribution < 1.29 is 18.6 Å². The Bertz CT molecular complexity index is 1340. The second-order valence-corrected chi connectivity index (χ2v) is 10.6. The van der Waals surface area contributed by atoms with Gasteiger partial charge in [0.1, 0.15) is 35.3 Å². The molecule has 204 valence electrons. The molecule has 0 aliphatic carbocycles. The van der Waals surface area contributed by atoms with E-state index in [0.29, 0.717) is 0 Å². The summed E-state index contributed by atoms with van der Waals surface area (Å²) in [5.74, 6) is 1.53. The van der Waals surface area contributed by atoms with Gasteiger partial charge in [-0.15, -0.1) is 0 Å². The quantitative estimate of drug-likeness (QED) is 0.150. The minimum Gasteiger partial charge on any atom is -0.495 e. The second kappa shape index (κ2) is 13.3. The van der Waals surface area contributed by atoms with Crippen LogP contribution in [0.5, 0.6) is 11.5 Å². The lowest BCUT2D eigenvalue weighted by Crippen LogP contribution is -2.25. The number of rotatable bonds is 12. The highest BCUT2D eigenvalue weighted by Gasteiger charge is 2.14. The first-order chi connectivity index (χ1) is 18.9. The van der Waals surface area contributed by atoms with Crippen molar-refractivity contribution in [2.75, 3.05) is 51.2 Å². The van der Waals surface area contributed by atoms with Gasteiger partial charge in [0.15, 0.2) is 0 Å². The number of hydrogen-bond acceptors (Lipinski definition) is 10. The molecule has 0 fully saturated rings. The molecule has 39 heavy (non-hydrogen) atoms. The van der Waals surface area contributed by atoms with Crippen molar-refractivity contribution in [3.8, 4) is 11.5 Å². The molecule has 0 N–H and O–H groups in total. The molecule has 4 rings (SSSR count). The lowest BCUT2D eigenvalue weighted by Gasteiger charge is -2.25. The molecule has 0 spiro atoms. The average molecular weight is 567 g/mol. The molecule has 12 heteroatoms. The number of thiazole rings is 2. The highest BCUT2D eigenvalue weighted by atomic mass is 32.1. The van der Waals surface area contributed by atoms with E-state index in [-0.39, 0.29) is 0 Å². The van der Waals surface area contributed by atoms with Crippen LogP contribution in [-0.4, -0.2) is 41.4 Å². The number of methoxy groups -OCH3 is 2. The van der Waals surface area contributed by atoms with Gasteiger partial charge in [-0.2, -0.15) is 0 Å². The highest BCUT2D eigenvalue weighted by molar-refractivity contribution is 7.13. The summed E-state index contributed by atoms with van der Waals surface area (Å²) in [6.07, 6.45) is 4.85. The van der Waals surface area contributed by atoms with Gasteiger partial charge in [0, 0.05) is 50.1 Å². The van der Waals surface area contributed by atoms with Gasteiger partial charge in [0.25, 0.3) is 0 Å². The summed E-state index contributed by atoms with van der Waals surface area (Å²) in [5.41, 5.74) is 3.51. The minimum atomic E-state index is 0.747. The summed E-state index contributed by atoms with van der Waals surface area (Å²) in [6.45, 7) is 1.69. The van der Waals surface area contributed by atoms with Gasteiger partial charge in [-0.05, 0) is 63.6 Å². The Labute approximate surface area is 237 Å². The zero-order chi connectivity index (χ0) is 27.8. The second-order valence-electron chi connectivity index (χ2n) is 8.90. The Morgan fingerprint density at radius 1 is 0.692 bits per heavy atom. The van der Waals surface area contributed by atoms with Gasteiger partial charge < -0.3 is 19.3 Å². The van der Waals surface area contributed by atoms with E-state index in [0.717, 1.165) is 64.0 Å². The number of benzene rings is 2. The van der Waals surface area contributed by atoms with Crippen LogP contribution in [0, 0.1) is 0 Å². The Hall–Kier alpha value is -3.90. The predicted octanol–water partition coefficient (Wildman–Crippen LogP) is 6.27. The normalized spacial score (nSPS) is 11.4. The minimum absolute atomic E-state index is 0.747. The molecule has 10 nitrogen and oxygen atoms in total. The van der Waals surface area contributed by atoms with Crippen LogP contribution >= 0.6 is 22.7 Å². The lowest BCUT2D eigenvalue weighted by atomic mass is 10.2. The van der Waals surface area contributed by atoms with Crippen LogP contribution in [0.2, 0.25) is 0 Å². The van der Waals surface area contributed by atoms with Crippen molar-refractivity contribution in [3.63, 3.8) is 0 Å². The monoisotopic (exact) mass is 566 g/mol. The van der Waals surface area contributed by atoms with E-state index in [9.17, 15) is 0 Å². The van der Waals surface area contributed by atoms with E-state index in [4.69, 9.17) is 9.47 Å². The molecule has 0 unspecified atom stereocenters. The Morgan fingerprint density at radius 2 is 1.13 bits per heavy atom. The molecule has 2 heterocycles. The molecule has 0 radical (unpaired) electrons. The van der Waals surface area contributed by atoms with Gasteiger partial charge in [0.2, 0.25) is 0 Å². The average Bonchev–Trinajstić information content (AvgIpc) is 3.56. The zero-order valence-corrected chi connectivity index (χ0v) is 24.7. The summed E-state index contributed by atoms with van der Waals surface area (Å²) in [5, 5.41) is 23.1. The van der Waals surface area contributed by atoms with Crippen molar-refractivity contribution in [2.24, 2.45) is 34.6 Å². The number of azo groups is 2. The largest absolute Gasteiger partial charge is 0.495 e. The molecular formula is C27H34N8O2S2+2. The van der Waals surface area contributed by atoms with E-state index in [2.05, 4.69) is 44.4 Å². The van der Waals surface area contributed by atoms with Crippen LogP contribution in [0.4, 0.5) is 33.0 Å². The number of nitrogens with zero attached hydrogens (tertiary/aromatic N) is 8. The molecule has 0 bridgehead atoms. The van der Waals surface area contributed by atoms with Crippen LogP contribution in [-0.2, 0) is 14.1 Å². The number of ether oxygens (including phenoxy) is 2. The van der Waals surface area contributed by atoms with Crippen LogP contribution in [0.3, 0.4) is 0 Å². The maximum Gasteiger partial charge on any atom is 0.408 e. The number of anilines is 2. The van der Waals surface area contributed by atoms with Gasteiger partial charge in [-0.3, -0.25) is 0 Å². The van der Waals surface area contributed by atoms with Crippen molar-refractivity contribution in [1.29, 1.82) is 0 Å². The van der Waals surface area contributed by atoms with E-state index in [1.54, 1.807) is 36.9 Å². The zero-order valence-electron chi connectivity index (χ0n) is 23.1. The van der Waals surface area contributed by atoms with Crippen LogP contribution in [0.15, 0.2) is 80.0 Å². The van der Waals surface area contributed by atoms with Crippen LogP contribution < -0.4 is 28.4 Å². The molecule has 0 saturated heterocycles. The van der Waals surface area contributed by atoms with Gasteiger partial charge in [0.05, 0.1) is 49.9 Å². The van der Waals surface area contributed by atoms with E-state index < -0.39 is 0 Å². The Kier molecular flexibility index (Phi) is 9.55. The highest BCUT2D eigenvalue weighted by Crippen LogP contribution is 2.34. The first kappa shape index (κ1) is 28.1. The molecule has 2 aromatic carbocycles. The fraction of sp³-hybridized carbons (Fsp3) is 0.333. The topological polar surface area (TPSA) is 82.1 Å². The fourth-order valence-electron chi connectivity index (χ4n) is 3.92. The standard InChI is InChI=1S/C27H34N8O2S2/c1-32(22-10-8-20(18-24(22)36-5)28-30-26-34(3)14-16-38-26)12-7-13-33(2)23-11-9-21(19-25(23)37-6)29-31-27-35(4)15-17-39-27/h8-11,14-19H,7,12-13H2,1-6H3/q+2. The maximum atomic E-state index is 5.67. The van der Waals surface area contributed by atoms with Gasteiger partial charge in [-0.1, -0.05) is 0 Å². The molecule has 4 aromatic rings. The summed E-state index contributed by atoms with van der Waals surface area (Å²) in [6, 6.07) is 11.8. The van der Waals surface area contributed by atoms with Crippen molar-refractivity contribution >= 4 is 55.7 Å². The van der Waals surface area contributed by atoms with Crippen LogP contribution in [0.1, 0.15) is 6.42 Å². The predicted molar refractivity (Wildman–Crippen MR) is 156 cm³/mol. The third kappa shape index (κ3) is 7.15. The number of aryl methyl sites for hydroxylation is 2. The Balaban J connectivity index is 1.35. The molecule has 0 aliphatic heterocycles. The molecule has 0 amide bonds. The smallest absolute Gasteiger partial charge is 0.408 e. The first-order valence-corrected chi connectivity index (χ1v) is 14.1. The molecular weight excluding hydrogens is 532 g/mol. The molecule has 0 saturated carbocycles. The van der Waals surface area contributed by atoms with E-state index in [1.165, 1.54) is 0 Å². The maximum absolute atomic E-state index is 5.67. The molecule has 0 atom stereocenters. The van der Waals surface area contributed by atoms with E-state index >= 15 is 0 Å². The number of aromatic nitrogens is 2. The Morgan fingerprint density at radius 3 is 1.49 bits per heavy atom. The van der Waals surface area contributed by atoms with Gasteiger partial charge >= 0.3 is 10.3 Å². The van der Waals surface area contributed by atoms with Gasteiger partial charge in [-0.25, -0.2) is 9.13 Å². The van der Waals surface area contributed by atoms with Crippen LogP contribution in [0.25, 0.3) is 0 Å². The number of hydrogen-bond donors (Lipinski definition) is 0. The third-order valence-electron chi connectivity index (χ3n) is 6.16. The van der Waals surface area contributed by atoms with Crippen molar-refractivity contribution in [3.05, 3.63) is 59.6 Å². The summed E-state index contributed by atoms with van der Waals surface area (Å²) in [7, 11) is 11.4. The molecule has 2 aromatic heterocycles. The van der Waals surface area contributed by atoms with Crippen molar-refractivity contribution in [2.45, 2.75) is 6.42 Å². The van der Waals surface area contributed by atoms with Crippen molar-refractivity contribution in [1.82, 2.24) is 0 Å². The summed E-state index contributed by atoms with van der Waals surface area (Å²) < 4.78 is 15.2. The SMILES string of the molecule is COc1cc(/N=N/c2scc[n+]2C)ccc1N(C)CCCN(C)c1ccc(/N=N/c2scc[n+]2C)cc1OC. The third-order valence-corrected chi connectivity index (χ3v) is 7.83. The summed E-state index contributed by atoms with van der Waals surface area (Å²) >= 11 is 3.09. The first-order valence-electron chi connectivity index (χ1n) is 12.4. The lowest BCUT2D eigenvalue weighted by molar-refractivity contribution is -0.654. The van der Waals surface area contributed by atoms with E-state index in [1.807, 2.05) is 82.8 Å². The fourth-order valence-corrected chi connectivity index (χ4v) is 5.28. The molecule has 0 aliphatic rings. The summed E-state index contributed by atoms with van der Waals surface area (Å²) in [4.78, 5) is 4.39.